The standard InChI is InChI=1S/C39H40F2N4O3.C5H7NO2/c40-33-18-27(38-30-8-7-29(46)20-37(30)48-24-32(38)26-4-2-1-3-5-26)6-9-35(33)44-12-10-25(11-13-44)23-43-14-16-45(17-15-43)36-19-28-22-42-39(47)31(28)21-34(36)41;7-4-2-1-3-5(8)6-4/h1-9,18-21,25,32,38,46H,10-17,22-24H2,(H,42,47);1-3H2,(H,6,7,8)/t32?,38-;/m1./s1. The van der Waals surface area contributed by atoms with Crippen LogP contribution in [0.3, 0.4) is 0 Å². The number of phenols is 1. The van der Waals surface area contributed by atoms with E-state index in [1.54, 1.807) is 18.2 Å². The lowest BCUT2D eigenvalue weighted by Gasteiger charge is -2.40. The molecule has 2 atom stereocenters. The molecule has 10 nitrogen and oxygen atoms in total. The number of hydrogen-bond donors (Lipinski definition) is 3. The van der Waals surface area contributed by atoms with Gasteiger partial charge >= 0.3 is 0 Å². The minimum absolute atomic E-state index is 0.0153. The number of rotatable bonds is 6. The highest BCUT2D eigenvalue weighted by atomic mass is 19.1. The van der Waals surface area contributed by atoms with Gasteiger partial charge in [0, 0.05) is 94.2 Å². The average molecular weight is 764 g/mol. The van der Waals surface area contributed by atoms with Crippen molar-refractivity contribution in [3.05, 3.63) is 118 Å². The zero-order chi connectivity index (χ0) is 38.8. The first-order valence-electron chi connectivity index (χ1n) is 19.7. The molecule has 0 spiro atoms. The molecule has 1 unspecified atom stereocenters. The summed E-state index contributed by atoms with van der Waals surface area (Å²) in [5.41, 5.74) is 5.53. The number of anilines is 2. The van der Waals surface area contributed by atoms with E-state index in [1.165, 1.54) is 6.07 Å². The number of ether oxygens (including phenoxy) is 1. The smallest absolute Gasteiger partial charge is 0.252 e. The van der Waals surface area contributed by atoms with E-state index in [9.17, 15) is 23.9 Å². The van der Waals surface area contributed by atoms with E-state index in [1.807, 2.05) is 36.4 Å². The third kappa shape index (κ3) is 8.07. The normalized spacial score (nSPS) is 21.3. The van der Waals surface area contributed by atoms with Crippen molar-refractivity contribution in [2.75, 3.05) is 62.2 Å². The Kier molecular flexibility index (Phi) is 10.9. The van der Waals surface area contributed by atoms with Gasteiger partial charge in [0.05, 0.1) is 18.0 Å². The number of nitrogens with one attached hydrogen (secondary N) is 2. The summed E-state index contributed by atoms with van der Waals surface area (Å²) in [5, 5.41) is 15.1. The molecule has 4 aromatic rings. The highest BCUT2D eigenvalue weighted by Gasteiger charge is 2.35. The van der Waals surface area contributed by atoms with Gasteiger partial charge < -0.3 is 25.0 Å². The zero-order valence-corrected chi connectivity index (χ0v) is 31.3. The second-order valence-corrected chi connectivity index (χ2v) is 15.4. The van der Waals surface area contributed by atoms with E-state index in [2.05, 4.69) is 43.5 Å². The van der Waals surface area contributed by atoms with Crippen LogP contribution in [0.25, 0.3) is 0 Å². The van der Waals surface area contributed by atoms with E-state index < -0.39 is 0 Å². The van der Waals surface area contributed by atoms with Gasteiger partial charge in [0.25, 0.3) is 5.91 Å². The lowest BCUT2D eigenvalue weighted by Crippen LogP contribution is -2.49. The molecule has 0 radical (unpaired) electrons. The molecule has 5 aliphatic heterocycles. The molecule has 0 bridgehead atoms. The summed E-state index contributed by atoms with van der Waals surface area (Å²) in [6, 6.07) is 24.3. The lowest BCUT2D eigenvalue weighted by atomic mass is 9.76. The molecule has 5 aliphatic rings. The van der Waals surface area contributed by atoms with Crippen molar-refractivity contribution in [3.8, 4) is 11.5 Å². The van der Waals surface area contributed by atoms with Gasteiger partial charge in [-0.3, -0.25) is 24.6 Å². The van der Waals surface area contributed by atoms with Crippen molar-refractivity contribution in [3.63, 3.8) is 0 Å². The largest absolute Gasteiger partial charge is 0.508 e. The summed E-state index contributed by atoms with van der Waals surface area (Å²) < 4.78 is 36.9. The van der Waals surface area contributed by atoms with Gasteiger partial charge in [-0.25, -0.2) is 8.78 Å². The minimum Gasteiger partial charge on any atom is -0.508 e. The number of piperazine rings is 1. The molecule has 5 heterocycles. The molecule has 3 saturated heterocycles. The number of piperidine rings is 2. The Morgan fingerprint density at radius 3 is 2.16 bits per heavy atom. The number of hydrogen-bond acceptors (Lipinski definition) is 8. The van der Waals surface area contributed by atoms with Gasteiger partial charge in [0.1, 0.15) is 23.1 Å². The van der Waals surface area contributed by atoms with Crippen molar-refractivity contribution in [2.45, 2.75) is 50.5 Å². The van der Waals surface area contributed by atoms with Crippen LogP contribution >= 0.6 is 0 Å². The van der Waals surface area contributed by atoms with Gasteiger partial charge in [0.15, 0.2) is 0 Å². The average Bonchev–Trinajstić information content (AvgIpc) is 3.56. The van der Waals surface area contributed by atoms with E-state index in [0.29, 0.717) is 61.0 Å². The van der Waals surface area contributed by atoms with E-state index >= 15 is 4.39 Å². The number of aromatic hydroxyl groups is 1. The van der Waals surface area contributed by atoms with E-state index in [0.717, 1.165) is 80.9 Å². The van der Waals surface area contributed by atoms with Crippen LogP contribution < -0.4 is 25.2 Å². The molecule has 12 heteroatoms. The second kappa shape index (κ2) is 16.3. The summed E-state index contributed by atoms with van der Waals surface area (Å²) in [6.45, 7) is 6.73. The number of carbonyl (C=O) groups excluding carboxylic acids is 3. The zero-order valence-electron chi connectivity index (χ0n) is 31.3. The lowest BCUT2D eigenvalue weighted by molar-refractivity contribution is -0.132. The van der Waals surface area contributed by atoms with Crippen molar-refractivity contribution in [2.24, 2.45) is 5.92 Å². The molecular weight excluding hydrogens is 717 g/mol. The molecular formula is C44H47F2N5O5. The molecule has 292 valence electrons. The topological polar surface area (TPSA) is 114 Å². The van der Waals surface area contributed by atoms with Crippen LogP contribution in [0.2, 0.25) is 0 Å². The number of nitrogens with zero attached hydrogens (tertiary/aromatic N) is 3. The molecule has 3 amide bonds. The Morgan fingerprint density at radius 1 is 0.750 bits per heavy atom. The number of phenolic OH excluding ortho intramolecular Hbond substituents is 1. The van der Waals surface area contributed by atoms with Crippen LogP contribution in [-0.4, -0.2) is 80.1 Å². The second-order valence-electron chi connectivity index (χ2n) is 15.4. The maximum atomic E-state index is 16.0. The van der Waals surface area contributed by atoms with Crippen molar-refractivity contribution in [1.82, 2.24) is 15.5 Å². The van der Waals surface area contributed by atoms with E-state index in [-0.39, 0.29) is 46.9 Å². The van der Waals surface area contributed by atoms with Gasteiger partial charge in [-0.2, -0.15) is 0 Å². The Labute approximate surface area is 325 Å². The summed E-state index contributed by atoms with van der Waals surface area (Å²) in [7, 11) is 0. The molecule has 9 rings (SSSR count). The highest BCUT2D eigenvalue weighted by molar-refractivity contribution is 5.99. The Balaban J connectivity index is 0.000000493. The number of imide groups is 1. The van der Waals surface area contributed by atoms with Gasteiger partial charge in [-0.05, 0) is 72.2 Å². The van der Waals surface area contributed by atoms with Crippen molar-refractivity contribution < 1.29 is 33.0 Å². The molecule has 3 N–H and O–H groups in total. The SMILES string of the molecule is O=C1CCCC(=O)N1.O=C1NCc2cc(N3CCN(CC4CCN(c5ccc([C@@H]6c7ccc(O)cc7OCC6c6ccccc6)cc5F)CC4)CC3)c(F)cc21. The first-order valence-corrected chi connectivity index (χ1v) is 19.7. The summed E-state index contributed by atoms with van der Waals surface area (Å²) >= 11 is 0. The van der Waals surface area contributed by atoms with Crippen LogP contribution in [0, 0.1) is 17.6 Å². The molecule has 0 saturated carbocycles. The van der Waals surface area contributed by atoms with Crippen LogP contribution in [0.5, 0.6) is 11.5 Å². The first kappa shape index (κ1) is 37.4. The maximum absolute atomic E-state index is 16.0. The number of fused-ring (bicyclic) bond motifs is 2. The van der Waals surface area contributed by atoms with Gasteiger partial charge in [-0.15, -0.1) is 0 Å². The molecule has 56 heavy (non-hydrogen) atoms. The number of amides is 3. The molecule has 0 aromatic heterocycles. The molecule has 0 aliphatic carbocycles. The summed E-state index contributed by atoms with van der Waals surface area (Å²) in [5.74, 6) is 0.222. The summed E-state index contributed by atoms with van der Waals surface area (Å²) in [4.78, 5) is 39.3. The Morgan fingerprint density at radius 2 is 1.46 bits per heavy atom. The number of benzene rings is 4. The van der Waals surface area contributed by atoms with Crippen LogP contribution in [0.15, 0.2) is 78.9 Å². The van der Waals surface area contributed by atoms with Crippen LogP contribution in [-0.2, 0) is 16.1 Å². The summed E-state index contributed by atoms with van der Waals surface area (Å²) in [6.07, 6.45) is 3.71. The van der Waals surface area contributed by atoms with Crippen LogP contribution in [0.4, 0.5) is 20.2 Å². The van der Waals surface area contributed by atoms with Crippen molar-refractivity contribution >= 4 is 29.1 Å². The van der Waals surface area contributed by atoms with E-state index in [4.69, 9.17) is 4.74 Å². The number of halogens is 2. The molecule has 4 aromatic carbocycles. The van der Waals surface area contributed by atoms with Crippen molar-refractivity contribution in [1.29, 1.82) is 0 Å². The van der Waals surface area contributed by atoms with Gasteiger partial charge in [-0.1, -0.05) is 42.5 Å². The fourth-order valence-electron chi connectivity index (χ4n) is 8.83. The third-order valence-electron chi connectivity index (χ3n) is 11.8. The highest BCUT2D eigenvalue weighted by Crippen LogP contribution is 2.47. The predicted octanol–water partition coefficient (Wildman–Crippen LogP) is 6.07. The minimum atomic E-state index is -0.333. The Hall–Kier alpha value is -5.49. The first-order chi connectivity index (χ1) is 27.2. The predicted molar refractivity (Wildman–Crippen MR) is 209 cm³/mol. The van der Waals surface area contributed by atoms with Crippen LogP contribution in [0.1, 0.15) is 76.6 Å². The van der Waals surface area contributed by atoms with Gasteiger partial charge in [0.2, 0.25) is 11.8 Å². The fourth-order valence-corrected chi connectivity index (χ4v) is 8.83. The maximum Gasteiger partial charge on any atom is 0.252 e. The molecule has 3 fully saturated rings. The number of carbonyl (C=O) groups is 3. The third-order valence-corrected chi connectivity index (χ3v) is 11.8. The Bertz CT molecular complexity index is 2090. The quantitative estimate of drug-likeness (QED) is 0.203. The fraction of sp³-hybridized carbons (Fsp3) is 0.386. The monoisotopic (exact) mass is 763 g/mol.